The summed E-state index contributed by atoms with van der Waals surface area (Å²) in [6.07, 6.45) is 1.22. The van der Waals surface area contributed by atoms with Gasteiger partial charge in [-0.05, 0) is 6.42 Å². The van der Waals surface area contributed by atoms with Crippen molar-refractivity contribution in [2.24, 2.45) is 10.7 Å². The molecule has 0 aromatic heterocycles. The fourth-order valence-corrected chi connectivity index (χ4v) is 1.44. The Morgan fingerprint density at radius 3 is 3.00 bits per heavy atom. The zero-order chi connectivity index (χ0) is 5.82. The summed E-state index contributed by atoms with van der Waals surface area (Å²) in [4.78, 5) is 4.20. The Morgan fingerprint density at radius 1 is 1.75 bits per heavy atom. The van der Waals surface area contributed by atoms with Crippen LogP contribution in [0.1, 0.15) is 6.42 Å². The highest BCUT2D eigenvalue weighted by atomic mass is 32.2. The number of hydrogen-bond acceptors (Lipinski definition) is 3. The van der Waals surface area contributed by atoms with Crippen LogP contribution in [-0.4, -0.2) is 23.9 Å². The predicted molar refractivity (Wildman–Crippen MR) is 38.4 cm³/mol. The molecule has 0 bridgehead atoms. The second-order valence-electron chi connectivity index (χ2n) is 1.68. The van der Waals surface area contributed by atoms with Crippen LogP contribution in [0, 0.1) is 0 Å². The van der Waals surface area contributed by atoms with Crippen LogP contribution in [0.25, 0.3) is 0 Å². The van der Waals surface area contributed by atoms with E-state index in [1.807, 2.05) is 0 Å². The van der Waals surface area contributed by atoms with Crippen LogP contribution < -0.4 is 5.73 Å². The maximum absolute atomic E-state index is 5.35. The van der Waals surface area contributed by atoms with Crippen molar-refractivity contribution in [1.82, 2.24) is 0 Å². The first kappa shape index (κ1) is 6.11. The van der Waals surface area contributed by atoms with E-state index in [0.29, 0.717) is 6.54 Å². The zero-order valence-corrected chi connectivity index (χ0v) is 5.58. The van der Waals surface area contributed by atoms with E-state index < -0.39 is 0 Å². The number of aliphatic imine (C=N–C) groups is 1. The quantitative estimate of drug-likeness (QED) is 0.560. The van der Waals surface area contributed by atoms with E-state index in [4.69, 9.17) is 5.73 Å². The van der Waals surface area contributed by atoms with E-state index in [9.17, 15) is 0 Å². The molecule has 1 aliphatic rings. The van der Waals surface area contributed by atoms with Crippen molar-refractivity contribution in [2.45, 2.75) is 6.42 Å². The number of nitrogens with zero attached hydrogens (tertiary/aromatic N) is 1. The van der Waals surface area contributed by atoms with Crippen molar-refractivity contribution in [1.29, 1.82) is 0 Å². The van der Waals surface area contributed by atoms with Crippen LogP contribution >= 0.6 is 11.8 Å². The third-order valence-electron chi connectivity index (χ3n) is 1.03. The molecule has 0 spiro atoms. The molecule has 3 heteroatoms. The van der Waals surface area contributed by atoms with Gasteiger partial charge in [-0.3, -0.25) is 4.99 Å². The van der Waals surface area contributed by atoms with Crippen molar-refractivity contribution >= 4 is 16.8 Å². The predicted octanol–water partition coefficient (Wildman–Crippen LogP) is 0.481. The Labute approximate surface area is 53.6 Å². The first-order valence-electron chi connectivity index (χ1n) is 2.79. The highest BCUT2D eigenvalue weighted by Gasteiger charge is 2.01. The molecular weight excluding hydrogens is 120 g/mol. The smallest absolute Gasteiger partial charge is 0.0812 e. The monoisotopic (exact) mass is 130 g/mol. The van der Waals surface area contributed by atoms with Gasteiger partial charge in [-0.25, -0.2) is 0 Å². The lowest BCUT2D eigenvalue weighted by atomic mass is 10.5. The van der Waals surface area contributed by atoms with Gasteiger partial charge in [0.2, 0.25) is 0 Å². The number of thioether (sulfide) groups is 1. The van der Waals surface area contributed by atoms with Crippen molar-refractivity contribution in [3.8, 4) is 0 Å². The van der Waals surface area contributed by atoms with Crippen molar-refractivity contribution in [2.75, 3.05) is 18.8 Å². The summed E-state index contributed by atoms with van der Waals surface area (Å²) in [5, 5.41) is 1.12. The average Bonchev–Trinajstić information content (AvgIpc) is 1.90. The number of hydrogen-bond donors (Lipinski definition) is 1. The van der Waals surface area contributed by atoms with Gasteiger partial charge in [0.1, 0.15) is 0 Å². The minimum absolute atomic E-state index is 0.630. The van der Waals surface area contributed by atoms with Gasteiger partial charge in [0.25, 0.3) is 0 Å². The van der Waals surface area contributed by atoms with Crippen LogP contribution in [0.15, 0.2) is 4.99 Å². The second-order valence-corrected chi connectivity index (χ2v) is 2.85. The summed E-state index contributed by atoms with van der Waals surface area (Å²) < 4.78 is 0. The van der Waals surface area contributed by atoms with Crippen LogP contribution in [0.4, 0.5) is 0 Å². The first-order chi connectivity index (χ1) is 3.93. The molecule has 0 aliphatic carbocycles. The van der Waals surface area contributed by atoms with Gasteiger partial charge in [0.15, 0.2) is 0 Å². The minimum Gasteiger partial charge on any atom is -0.325 e. The molecule has 1 rings (SSSR count). The third-order valence-corrected chi connectivity index (χ3v) is 2.16. The SMILES string of the molecule is NCC1=NCCCS1. The highest BCUT2D eigenvalue weighted by Crippen LogP contribution is 2.10. The highest BCUT2D eigenvalue weighted by molar-refractivity contribution is 8.14. The van der Waals surface area contributed by atoms with Gasteiger partial charge in [0.05, 0.1) is 5.04 Å². The topological polar surface area (TPSA) is 38.4 Å². The first-order valence-corrected chi connectivity index (χ1v) is 3.78. The minimum atomic E-state index is 0.630. The Kier molecular flexibility index (Phi) is 2.36. The molecule has 2 nitrogen and oxygen atoms in total. The molecule has 0 fully saturated rings. The average molecular weight is 130 g/mol. The van der Waals surface area contributed by atoms with Crippen molar-refractivity contribution < 1.29 is 0 Å². The fourth-order valence-electron chi connectivity index (χ4n) is 0.627. The van der Waals surface area contributed by atoms with E-state index >= 15 is 0 Å². The van der Waals surface area contributed by atoms with E-state index in [1.54, 1.807) is 11.8 Å². The van der Waals surface area contributed by atoms with Gasteiger partial charge >= 0.3 is 0 Å². The third kappa shape index (κ3) is 1.49. The molecule has 0 saturated heterocycles. The van der Waals surface area contributed by atoms with E-state index in [0.717, 1.165) is 11.6 Å². The maximum atomic E-state index is 5.35. The standard InChI is InChI=1S/C5H10N2S/c6-4-5-7-2-1-3-8-5/h1-4,6H2. The summed E-state index contributed by atoms with van der Waals surface area (Å²) >= 11 is 1.79. The molecule has 0 atom stereocenters. The van der Waals surface area contributed by atoms with Crippen LogP contribution in [0.3, 0.4) is 0 Å². The van der Waals surface area contributed by atoms with Crippen LogP contribution in [-0.2, 0) is 0 Å². The van der Waals surface area contributed by atoms with Gasteiger partial charge in [0, 0.05) is 18.8 Å². The lowest BCUT2D eigenvalue weighted by molar-refractivity contribution is 0.934. The molecule has 46 valence electrons. The molecule has 1 aliphatic heterocycles. The Morgan fingerprint density at radius 2 is 2.62 bits per heavy atom. The number of rotatable bonds is 1. The van der Waals surface area contributed by atoms with E-state index in [2.05, 4.69) is 4.99 Å². The number of nitrogens with two attached hydrogens (primary N) is 1. The molecule has 0 amide bonds. The summed E-state index contributed by atoms with van der Waals surface area (Å²) in [7, 11) is 0. The normalized spacial score (nSPS) is 20.4. The lowest BCUT2D eigenvalue weighted by Crippen LogP contribution is -2.14. The summed E-state index contributed by atoms with van der Waals surface area (Å²) in [6.45, 7) is 1.62. The van der Waals surface area contributed by atoms with E-state index in [1.165, 1.54) is 12.2 Å². The summed E-state index contributed by atoms with van der Waals surface area (Å²) in [5.74, 6) is 1.20. The van der Waals surface area contributed by atoms with Gasteiger partial charge in [-0.2, -0.15) is 0 Å². The lowest BCUT2D eigenvalue weighted by Gasteiger charge is -2.07. The molecule has 0 unspecified atom stereocenters. The van der Waals surface area contributed by atoms with Crippen molar-refractivity contribution in [3.63, 3.8) is 0 Å². The molecule has 0 radical (unpaired) electrons. The molecule has 0 aromatic carbocycles. The summed E-state index contributed by atoms with van der Waals surface area (Å²) in [6, 6.07) is 0. The van der Waals surface area contributed by atoms with Gasteiger partial charge in [-0.1, -0.05) is 0 Å². The largest absolute Gasteiger partial charge is 0.325 e. The Hall–Kier alpha value is -0.0200. The van der Waals surface area contributed by atoms with Gasteiger partial charge < -0.3 is 5.73 Å². The van der Waals surface area contributed by atoms with Gasteiger partial charge in [-0.15, -0.1) is 11.8 Å². The van der Waals surface area contributed by atoms with Crippen LogP contribution in [0.5, 0.6) is 0 Å². The van der Waals surface area contributed by atoms with Crippen molar-refractivity contribution in [3.05, 3.63) is 0 Å². The van der Waals surface area contributed by atoms with E-state index in [-0.39, 0.29) is 0 Å². The molecule has 8 heavy (non-hydrogen) atoms. The molecule has 1 heterocycles. The second kappa shape index (κ2) is 3.10. The molecular formula is C5H10N2S. The Bertz CT molecular complexity index is 101. The molecule has 2 N–H and O–H groups in total. The zero-order valence-electron chi connectivity index (χ0n) is 4.76. The van der Waals surface area contributed by atoms with Crippen LogP contribution in [0.2, 0.25) is 0 Å². The summed E-state index contributed by atoms with van der Waals surface area (Å²) in [5.41, 5.74) is 5.35. The molecule has 0 aromatic rings. The molecule has 0 saturated carbocycles. The fraction of sp³-hybridized carbons (Fsp3) is 0.800. The Balaban J connectivity index is 2.37. The maximum Gasteiger partial charge on any atom is 0.0812 e.